The summed E-state index contributed by atoms with van der Waals surface area (Å²) >= 11 is 3.38. The summed E-state index contributed by atoms with van der Waals surface area (Å²) in [4.78, 5) is 1.46. The number of aliphatic hydroxyl groups is 1. The van der Waals surface area contributed by atoms with Gasteiger partial charge in [-0.1, -0.05) is 34.7 Å². The van der Waals surface area contributed by atoms with Gasteiger partial charge in [0.2, 0.25) is 0 Å². The van der Waals surface area contributed by atoms with Gasteiger partial charge in [0.15, 0.2) is 0 Å². The molecule has 2 N–H and O–H groups in total. The maximum absolute atomic E-state index is 10.7. The van der Waals surface area contributed by atoms with Crippen molar-refractivity contribution in [3.8, 4) is 17.6 Å². The van der Waals surface area contributed by atoms with Crippen LogP contribution in [0.5, 0.6) is 5.75 Å². The third-order valence-electron chi connectivity index (χ3n) is 4.33. The van der Waals surface area contributed by atoms with Gasteiger partial charge in [-0.15, -0.1) is 0 Å². The van der Waals surface area contributed by atoms with Gasteiger partial charge in [-0.25, -0.2) is 0 Å². The number of piperidine rings is 1. The number of hydrogen-bond acceptors (Lipinski definition) is 2. The molecule has 1 saturated heterocycles. The van der Waals surface area contributed by atoms with Crippen LogP contribution in [0.25, 0.3) is 0 Å². The number of ether oxygens (including phenoxy) is 1. The van der Waals surface area contributed by atoms with E-state index in [1.807, 2.05) is 24.3 Å². The SMILES string of the molecule is C[C@@H]1C[C@](O)(C#CCOc2ccc(Br)cc2)[C@H](C)C[NH+]1C. The van der Waals surface area contributed by atoms with Crippen molar-refractivity contribution in [2.45, 2.75) is 31.9 Å². The molecule has 1 aliphatic rings. The summed E-state index contributed by atoms with van der Waals surface area (Å²) in [5.74, 6) is 6.98. The molecule has 0 bridgehead atoms. The monoisotopic (exact) mass is 352 g/mol. The molecule has 0 amide bonds. The lowest BCUT2D eigenvalue weighted by atomic mass is 9.80. The van der Waals surface area contributed by atoms with Gasteiger partial charge in [0, 0.05) is 16.8 Å². The zero-order valence-electron chi connectivity index (χ0n) is 12.8. The summed E-state index contributed by atoms with van der Waals surface area (Å²) < 4.78 is 6.59. The predicted molar refractivity (Wildman–Crippen MR) is 87.4 cm³/mol. The molecule has 1 heterocycles. The number of hydrogen-bond donors (Lipinski definition) is 2. The number of rotatable bonds is 2. The Morgan fingerprint density at radius 1 is 1.38 bits per heavy atom. The molecular formula is C17H23BrNO2+. The minimum atomic E-state index is -0.887. The van der Waals surface area contributed by atoms with E-state index in [4.69, 9.17) is 4.74 Å². The van der Waals surface area contributed by atoms with Crippen molar-refractivity contribution in [3.63, 3.8) is 0 Å². The molecule has 1 fully saturated rings. The van der Waals surface area contributed by atoms with Crippen molar-refractivity contribution < 1.29 is 14.7 Å². The largest absolute Gasteiger partial charge is 0.481 e. The van der Waals surface area contributed by atoms with Crippen molar-refractivity contribution in [1.82, 2.24) is 0 Å². The molecule has 1 aliphatic heterocycles. The number of nitrogens with one attached hydrogen (secondary N) is 1. The molecule has 3 nitrogen and oxygen atoms in total. The van der Waals surface area contributed by atoms with Crippen LogP contribution < -0.4 is 9.64 Å². The zero-order valence-corrected chi connectivity index (χ0v) is 14.4. The molecule has 4 atom stereocenters. The molecule has 1 aromatic rings. The molecule has 0 saturated carbocycles. The molecule has 0 spiro atoms. The van der Waals surface area contributed by atoms with Gasteiger partial charge in [-0.2, -0.15) is 0 Å². The quantitative estimate of drug-likeness (QED) is 0.791. The number of quaternary nitrogens is 1. The van der Waals surface area contributed by atoms with E-state index in [-0.39, 0.29) is 5.92 Å². The lowest BCUT2D eigenvalue weighted by Crippen LogP contribution is -3.15. The van der Waals surface area contributed by atoms with Crippen molar-refractivity contribution in [3.05, 3.63) is 28.7 Å². The summed E-state index contributed by atoms with van der Waals surface area (Å²) in [6.07, 6.45) is 0.714. The predicted octanol–water partition coefficient (Wildman–Crippen LogP) is 1.51. The van der Waals surface area contributed by atoms with Gasteiger partial charge >= 0.3 is 0 Å². The zero-order chi connectivity index (χ0) is 15.5. The average Bonchev–Trinajstić information content (AvgIpc) is 2.44. The molecular weight excluding hydrogens is 330 g/mol. The second kappa shape index (κ2) is 6.83. The van der Waals surface area contributed by atoms with Crippen molar-refractivity contribution in [2.24, 2.45) is 5.92 Å². The Hall–Kier alpha value is -1.02. The van der Waals surface area contributed by atoms with E-state index >= 15 is 0 Å². The first-order valence-electron chi connectivity index (χ1n) is 7.34. The van der Waals surface area contributed by atoms with Gasteiger partial charge in [0.25, 0.3) is 0 Å². The number of benzene rings is 1. The topological polar surface area (TPSA) is 33.9 Å². The maximum Gasteiger partial charge on any atom is 0.149 e. The molecule has 0 aliphatic carbocycles. The Morgan fingerprint density at radius 2 is 2.05 bits per heavy atom. The van der Waals surface area contributed by atoms with Crippen LogP contribution in [-0.2, 0) is 0 Å². The van der Waals surface area contributed by atoms with Crippen molar-refractivity contribution in [1.29, 1.82) is 0 Å². The highest BCUT2D eigenvalue weighted by Crippen LogP contribution is 2.24. The van der Waals surface area contributed by atoms with Crippen LogP contribution >= 0.6 is 15.9 Å². The summed E-state index contributed by atoms with van der Waals surface area (Å²) in [5.41, 5.74) is -0.887. The first kappa shape index (κ1) is 16.4. The molecule has 114 valence electrons. The van der Waals surface area contributed by atoms with Gasteiger partial charge in [-0.3, -0.25) is 0 Å². The fourth-order valence-electron chi connectivity index (χ4n) is 2.71. The van der Waals surface area contributed by atoms with Gasteiger partial charge in [0.05, 0.1) is 19.6 Å². The minimum absolute atomic E-state index is 0.175. The van der Waals surface area contributed by atoms with Crippen LogP contribution in [0.4, 0.5) is 0 Å². The first-order chi connectivity index (χ1) is 9.90. The van der Waals surface area contributed by atoms with Crippen LogP contribution in [0, 0.1) is 17.8 Å². The van der Waals surface area contributed by atoms with Crippen LogP contribution in [0.1, 0.15) is 20.3 Å². The normalized spacial score (nSPS) is 32.1. The van der Waals surface area contributed by atoms with Crippen LogP contribution in [0.2, 0.25) is 0 Å². The Labute approximate surface area is 135 Å². The summed E-state index contributed by atoms with van der Waals surface area (Å²) in [5, 5.41) is 10.7. The lowest BCUT2D eigenvalue weighted by Gasteiger charge is -2.40. The molecule has 1 unspecified atom stereocenters. The first-order valence-corrected chi connectivity index (χ1v) is 8.13. The third kappa shape index (κ3) is 4.23. The van der Waals surface area contributed by atoms with E-state index < -0.39 is 5.60 Å². The molecule has 4 heteroatoms. The molecule has 0 radical (unpaired) electrons. The third-order valence-corrected chi connectivity index (χ3v) is 4.86. The van der Waals surface area contributed by atoms with Crippen molar-refractivity contribution >= 4 is 15.9 Å². The molecule has 1 aromatic carbocycles. The molecule has 2 rings (SSSR count). The standard InChI is InChI=1S/C17H22BrNO2/c1-13-12-19(3)14(2)11-17(13,20)9-4-10-21-16-7-5-15(18)6-8-16/h5-8,13-14,20H,10-12H2,1-3H3/p+1/t13-,14-,17-/m1/s1. The second-order valence-corrected chi connectivity index (χ2v) is 6.94. The lowest BCUT2D eigenvalue weighted by molar-refractivity contribution is -0.915. The highest BCUT2D eigenvalue weighted by Gasteiger charge is 2.42. The van der Waals surface area contributed by atoms with Crippen molar-refractivity contribution in [2.75, 3.05) is 20.2 Å². The molecule has 21 heavy (non-hydrogen) atoms. The highest BCUT2D eigenvalue weighted by molar-refractivity contribution is 9.10. The summed E-state index contributed by atoms with van der Waals surface area (Å²) in [6.45, 7) is 5.47. The maximum atomic E-state index is 10.7. The highest BCUT2D eigenvalue weighted by atomic mass is 79.9. The van der Waals surface area contributed by atoms with E-state index in [1.54, 1.807) is 0 Å². The number of likely N-dealkylation sites (tertiary alicyclic amines) is 1. The fraction of sp³-hybridized carbons (Fsp3) is 0.529. The van der Waals surface area contributed by atoms with E-state index in [2.05, 4.69) is 48.7 Å². The van der Waals surface area contributed by atoms with Gasteiger partial charge < -0.3 is 14.7 Å². The Kier molecular flexibility index (Phi) is 5.32. The molecule has 0 aromatic heterocycles. The fourth-order valence-corrected chi connectivity index (χ4v) is 2.97. The second-order valence-electron chi connectivity index (χ2n) is 6.03. The summed E-state index contributed by atoms with van der Waals surface area (Å²) in [7, 11) is 2.17. The van der Waals surface area contributed by atoms with Crippen LogP contribution in [0.3, 0.4) is 0 Å². The summed E-state index contributed by atoms with van der Waals surface area (Å²) in [6, 6.07) is 8.07. The Balaban J connectivity index is 1.93. The van der Waals surface area contributed by atoms with Crippen LogP contribution in [-0.4, -0.2) is 36.9 Å². The minimum Gasteiger partial charge on any atom is -0.481 e. The van der Waals surface area contributed by atoms with Gasteiger partial charge in [0.1, 0.15) is 18.0 Å². The van der Waals surface area contributed by atoms with Gasteiger partial charge in [-0.05, 0) is 31.2 Å². The Bertz CT molecular complexity index is 534. The number of halogens is 1. The Morgan fingerprint density at radius 3 is 2.71 bits per heavy atom. The van der Waals surface area contributed by atoms with E-state index in [1.165, 1.54) is 4.90 Å². The van der Waals surface area contributed by atoms with E-state index in [0.717, 1.165) is 16.8 Å². The van der Waals surface area contributed by atoms with E-state index in [0.29, 0.717) is 19.1 Å². The van der Waals surface area contributed by atoms with E-state index in [9.17, 15) is 5.11 Å². The average molecular weight is 353 g/mol. The smallest absolute Gasteiger partial charge is 0.149 e. The van der Waals surface area contributed by atoms with Crippen LogP contribution in [0.15, 0.2) is 28.7 Å².